The van der Waals surface area contributed by atoms with Crippen LogP contribution in [0, 0.1) is 5.92 Å². The molecule has 3 atom stereocenters. The van der Waals surface area contributed by atoms with Gasteiger partial charge >= 0.3 is 0 Å². The molecule has 0 saturated carbocycles. The second-order valence-corrected chi connectivity index (χ2v) is 10.4. The molecule has 3 unspecified atom stereocenters. The Morgan fingerprint density at radius 1 is 0.818 bits per heavy atom. The second-order valence-electron chi connectivity index (χ2n) is 8.76. The fourth-order valence-corrected chi connectivity index (χ4v) is 6.38. The maximum absolute atomic E-state index is 13.1. The van der Waals surface area contributed by atoms with Gasteiger partial charge in [0, 0.05) is 17.3 Å². The van der Waals surface area contributed by atoms with Crippen LogP contribution in [0.1, 0.15) is 29.5 Å². The minimum Gasteiger partial charge on any atom is -0.378 e. The van der Waals surface area contributed by atoms with Gasteiger partial charge in [0.1, 0.15) is 0 Å². The highest BCUT2D eigenvalue weighted by Gasteiger charge is 2.39. The summed E-state index contributed by atoms with van der Waals surface area (Å²) in [6.07, 6.45) is 5.43. The number of fused-ring (bicyclic) bond motifs is 4. The molecule has 4 nitrogen and oxygen atoms in total. The molecule has 0 radical (unpaired) electrons. The van der Waals surface area contributed by atoms with E-state index in [9.17, 15) is 8.42 Å². The Labute approximate surface area is 194 Å². The zero-order valence-electron chi connectivity index (χ0n) is 18.0. The third-order valence-electron chi connectivity index (χ3n) is 6.83. The van der Waals surface area contributed by atoms with Crippen LogP contribution in [0.4, 0.5) is 11.4 Å². The summed E-state index contributed by atoms with van der Waals surface area (Å²) in [6.45, 7) is 0. The van der Waals surface area contributed by atoms with E-state index in [0.717, 1.165) is 17.7 Å². The van der Waals surface area contributed by atoms with Gasteiger partial charge in [0.25, 0.3) is 10.0 Å². The van der Waals surface area contributed by atoms with Crippen LogP contribution in [0.5, 0.6) is 0 Å². The smallest absolute Gasteiger partial charge is 0.261 e. The average Bonchev–Trinajstić information content (AvgIpc) is 3.34. The van der Waals surface area contributed by atoms with E-state index in [4.69, 9.17) is 0 Å². The molecular weight excluding hydrogens is 428 g/mol. The lowest BCUT2D eigenvalue weighted by Gasteiger charge is -2.38. The zero-order valence-corrected chi connectivity index (χ0v) is 18.8. The third-order valence-corrected chi connectivity index (χ3v) is 8.21. The standard InChI is InChI=1S/C28H24N2O2S/c31-33(32,30-20-10-2-1-3-11-20)21-16-17-27-26(18-21)23-13-7-15-25(23)28(29-27)24-14-6-9-19-8-4-5-12-22(19)24/h1-14,16-18,23,25,28-30H,15H2. The number of allylic oxidation sites excluding steroid dienone is 2. The largest absolute Gasteiger partial charge is 0.378 e. The normalized spacial score (nSPS) is 21.3. The quantitative estimate of drug-likeness (QED) is 0.349. The number of hydrogen-bond donors (Lipinski definition) is 2. The van der Waals surface area contributed by atoms with Crippen LogP contribution in [-0.2, 0) is 10.0 Å². The monoisotopic (exact) mass is 452 g/mol. The SMILES string of the molecule is O=S(=O)(Nc1ccccc1)c1ccc2c(c1)C1C=CCC1C(c1cccc3ccccc13)N2. The molecule has 1 aliphatic carbocycles. The molecular formula is C28H24N2O2S. The van der Waals surface area contributed by atoms with Crippen molar-refractivity contribution >= 4 is 32.2 Å². The predicted molar refractivity (Wildman–Crippen MR) is 134 cm³/mol. The van der Waals surface area contributed by atoms with Crippen LogP contribution in [0.3, 0.4) is 0 Å². The maximum Gasteiger partial charge on any atom is 0.261 e. The predicted octanol–water partition coefficient (Wildman–Crippen LogP) is 6.47. The average molecular weight is 453 g/mol. The van der Waals surface area contributed by atoms with Crippen molar-refractivity contribution in [2.24, 2.45) is 5.92 Å². The van der Waals surface area contributed by atoms with Crippen molar-refractivity contribution in [2.75, 3.05) is 10.0 Å². The minimum atomic E-state index is -3.67. The highest BCUT2D eigenvalue weighted by molar-refractivity contribution is 7.92. The van der Waals surface area contributed by atoms with Crippen LogP contribution < -0.4 is 10.0 Å². The van der Waals surface area contributed by atoms with Crippen LogP contribution in [0.15, 0.2) is 108 Å². The summed E-state index contributed by atoms with van der Waals surface area (Å²) in [5.41, 5.74) is 3.89. The lowest BCUT2D eigenvalue weighted by atomic mass is 9.76. The lowest BCUT2D eigenvalue weighted by Crippen LogP contribution is -2.29. The molecule has 0 spiro atoms. The molecule has 4 aromatic rings. The molecule has 164 valence electrons. The van der Waals surface area contributed by atoms with Gasteiger partial charge in [-0.15, -0.1) is 0 Å². The van der Waals surface area contributed by atoms with Crippen LogP contribution >= 0.6 is 0 Å². The van der Waals surface area contributed by atoms with Crippen molar-refractivity contribution in [3.8, 4) is 0 Å². The first-order chi connectivity index (χ1) is 16.1. The second kappa shape index (κ2) is 7.78. The van der Waals surface area contributed by atoms with Crippen LogP contribution in [0.2, 0.25) is 0 Å². The van der Waals surface area contributed by atoms with Gasteiger partial charge in [-0.05, 0) is 64.6 Å². The molecule has 4 aromatic carbocycles. The number of sulfonamides is 1. The molecule has 1 aliphatic heterocycles. The van der Waals surface area contributed by atoms with Crippen molar-refractivity contribution in [3.63, 3.8) is 0 Å². The number of hydrogen-bond acceptors (Lipinski definition) is 3. The third kappa shape index (κ3) is 3.49. The number of para-hydroxylation sites is 1. The number of anilines is 2. The van der Waals surface area contributed by atoms with E-state index >= 15 is 0 Å². The topological polar surface area (TPSA) is 58.2 Å². The van der Waals surface area contributed by atoms with Gasteiger partial charge in [-0.2, -0.15) is 0 Å². The van der Waals surface area contributed by atoms with Crippen molar-refractivity contribution in [1.29, 1.82) is 0 Å². The number of rotatable bonds is 4. The summed E-state index contributed by atoms with van der Waals surface area (Å²) in [5, 5.41) is 6.25. The van der Waals surface area contributed by atoms with Crippen LogP contribution in [0.25, 0.3) is 10.8 Å². The summed E-state index contributed by atoms with van der Waals surface area (Å²) in [6, 6.07) is 29.6. The summed E-state index contributed by atoms with van der Waals surface area (Å²) < 4.78 is 28.8. The summed E-state index contributed by atoms with van der Waals surface area (Å²) in [4.78, 5) is 0.287. The molecule has 0 saturated heterocycles. The van der Waals surface area contributed by atoms with Gasteiger partial charge in [-0.1, -0.05) is 72.8 Å². The first kappa shape index (κ1) is 20.1. The molecule has 33 heavy (non-hydrogen) atoms. The van der Waals surface area contributed by atoms with Gasteiger partial charge in [-0.25, -0.2) is 8.42 Å². The lowest BCUT2D eigenvalue weighted by molar-refractivity contribution is 0.427. The molecule has 6 rings (SSSR count). The fraction of sp³-hybridized carbons (Fsp3) is 0.143. The molecule has 0 fully saturated rings. The van der Waals surface area contributed by atoms with E-state index < -0.39 is 10.0 Å². The highest BCUT2D eigenvalue weighted by Crippen LogP contribution is 2.51. The Bertz CT molecular complexity index is 1470. The van der Waals surface area contributed by atoms with E-state index in [-0.39, 0.29) is 16.9 Å². The Kier molecular flexibility index (Phi) is 4.73. The van der Waals surface area contributed by atoms with Gasteiger partial charge in [0.2, 0.25) is 0 Å². The Morgan fingerprint density at radius 3 is 2.48 bits per heavy atom. The molecule has 0 bridgehead atoms. The number of nitrogens with one attached hydrogen (secondary N) is 2. The Balaban J connectivity index is 1.39. The zero-order chi connectivity index (χ0) is 22.4. The van der Waals surface area contributed by atoms with E-state index in [1.165, 1.54) is 16.3 Å². The van der Waals surface area contributed by atoms with Gasteiger partial charge < -0.3 is 5.32 Å². The van der Waals surface area contributed by atoms with Crippen molar-refractivity contribution < 1.29 is 8.42 Å². The van der Waals surface area contributed by atoms with Gasteiger partial charge in [0.05, 0.1) is 10.9 Å². The Morgan fingerprint density at radius 2 is 1.61 bits per heavy atom. The minimum absolute atomic E-state index is 0.161. The van der Waals surface area contributed by atoms with Crippen molar-refractivity contribution in [1.82, 2.24) is 0 Å². The van der Waals surface area contributed by atoms with Gasteiger partial charge in [0.15, 0.2) is 0 Å². The molecule has 0 aromatic heterocycles. The summed E-state index contributed by atoms with van der Waals surface area (Å²) >= 11 is 0. The molecule has 2 N–H and O–H groups in total. The van der Waals surface area contributed by atoms with Crippen molar-refractivity contribution in [3.05, 3.63) is 114 Å². The molecule has 1 heterocycles. The highest BCUT2D eigenvalue weighted by atomic mass is 32.2. The first-order valence-electron chi connectivity index (χ1n) is 11.2. The van der Waals surface area contributed by atoms with E-state index in [1.54, 1.807) is 18.2 Å². The van der Waals surface area contributed by atoms with Gasteiger partial charge in [-0.3, -0.25) is 4.72 Å². The van der Waals surface area contributed by atoms with E-state index in [2.05, 4.69) is 64.7 Å². The fourth-order valence-electron chi connectivity index (χ4n) is 5.29. The van der Waals surface area contributed by atoms with Crippen molar-refractivity contribution in [2.45, 2.75) is 23.3 Å². The summed E-state index contributed by atoms with van der Waals surface area (Å²) in [7, 11) is -3.67. The molecule has 0 amide bonds. The maximum atomic E-state index is 13.1. The van der Waals surface area contributed by atoms with E-state index in [1.807, 2.05) is 30.3 Å². The molecule has 5 heteroatoms. The summed E-state index contributed by atoms with van der Waals surface area (Å²) in [5.74, 6) is 0.514. The van der Waals surface area contributed by atoms with Crippen LogP contribution in [-0.4, -0.2) is 8.42 Å². The molecule has 2 aliphatic rings. The first-order valence-corrected chi connectivity index (χ1v) is 12.7. The Hall–Kier alpha value is -3.57. The number of benzene rings is 4. The van der Waals surface area contributed by atoms with E-state index in [0.29, 0.717) is 11.6 Å².